The molecule has 2 aliphatic rings. The van der Waals surface area contributed by atoms with Crippen LogP contribution in [-0.4, -0.2) is 40.7 Å². The van der Waals surface area contributed by atoms with E-state index >= 15 is 0 Å². The number of halogens is 1. The second-order valence-electron chi connectivity index (χ2n) is 8.16. The first-order chi connectivity index (χ1) is 12.4. The topological polar surface area (TPSA) is 66.8 Å². The Morgan fingerprint density at radius 3 is 2.77 bits per heavy atom. The molecule has 0 radical (unpaired) electrons. The lowest BCUT2D eigenvalue weighted by atomic mass is 9.86. The molecule has 1 saturated carbocycles. The van der Waals surface area contributed by atoms with Crippen molar-refractivity contribution in [2.45, 2.75) is 96.1 Å². The van der Waals surface area contributed by atoms with Gasteiger partial charge in [0.15, 0.2) is 0 Å². The smallest absolute Gasteiger partial charge is 0.303 e. The van der Waals surface area contributed by atoms with Crippen molar-refractivity contribution >= 4 is 5.97 Å². The van der Waals surface area contributed by atoms with E-state index in [-0.39, 0.29) is 18.6 Å². The summed E-state index contributed by atoms with van der Waals surface area (Å²) in [6.45, 7) is 4.22. The van der Waals surface area contributed by atoms with Crippen molar-refractivity contribution in [3.8, 4) is 0 Å². The molecule has 0 aromatic rings. The molecule has 4 nitrogen and oxygen atoms in total. The minimum atomic E-state index is -1.18. The number of alkyl halides is 1. The maximum Gasteiger partial charge on any atom is 0.303 e. The summed E-state index contributed by atoms with van der Waals surface area (Å²) in [7, 11) is 0. The number of hydrogen-bond acceptors (Lipinski definition) is 3. The van der Waals surface area contributed by atoms with Gasteiger partial charge in [-0.1, -0.05) is 45.3 Å². The molecule has 0 spiro atoms. The van der Waals surface area contributed by atoms with E-state index in [1.165, 1.54) is 0 Å². The van der Waals surface area contributed by atoms with Crippen LogP contribution in [0.15, 0.2) is 12.2 Å². The van der Waals surface area contributed by atoms with Gasteiger partial charge in [-0.15, -0.1) is 0 Å². The predicted octanol–water partition coefficient (Wildman–Crippen LogP) is 4.51. The van der Waals surface area contributed by atoms with E-state index in [9.17, 15) is 14.3 Å². The van der Waals surface area contributed by atoms with Gasteiger partial charge in [0.2, 0.25) is 0 Å². The van der Waals surface area contributed by atoms with Gasteiger partial charge in [0.1, 0.15) is 12.3 Å². The van der Waals surface area contributed by atoms with E-state index in [0.29, 0.717) is 30.6 Å². The number of fused-ring (bicyclic) bond motifs is 1. The first-order valence-corrected chi connectivity index (χ1v) is 10.3. The van der Waals surface area contributed by atoms with Gasteiger partial charge in [-0.25, -0.2) is 4.39 Å². The Morgan fingerprint density at radius 1 is 1.31 bits per heavy atom. The van der Waals surface area contributed by atoms with E-state index in [4.69, 9.17) is 9.84 Å². The van der Waals surface area contributed by atoms with Crippen LogP contribution < -0.4 is 0 Å². The van der Waals surface area contributed by atoms with E-state index in [2.05, 4.69) is 6.92 Å². The minimum Gasteiger partial charge on any atom is -0.481 e. The van der Waals surface area contributed by atoms with Gasteiger partial charge in [0, 0.05) is 6.42 Å². The highest BCUT2D eigenvalue weighted by Gasteiger charge is 2.46. The lowest BCUT2D eigenvalue weighted by molar-refractivity contribution is -0.137. The van der Waals surface area contributed by atoms with E-state index < -0.39 is 18.2 Å². The number of aliphatic hydroxyl groups is 1. The SMILES string of the molecule is CCCC[C@@H](F)[C@H](O)/C=C/[C@H]1[C@H]2C[C@@H](CCCCC(=O)O)O[C@H]2C[C@H]1C. The summed E-state index contributed by atoms with van der Waals surface area (Å²) < 4.78 is 20.1. The third-order valence-corrected chi connectivity index (χ3v) is 6.04. The zero-order valence-corrected chi connectivity index (χ0v) is 16.1. The van der Waals surface area contributed by atoms with Crippen LogP contribution >= 0.6 is 0 Å². The van der Waals surface area contributed by atoms with Crippen LogP contribution in [-0.2, 0) is 9.53 Å². The number of aliphatic hydroxyl groups excluding tert-OH is 1. The summed E-state index contributed by atoms with van der Waals surface area (Å²) in [6, 6.07) is 0. The Balaban J connectivity index is 1.80. The lowest BCUT2D eigenvalue weighted by Gasteiger charge is -2.19. The number of carboxylic acids is 1. The second-order valence-corrected chi connectivity index (χ2v) is 8.16. The van der Waals surface area contributed by atoms with Crippen molar-refractivity contribution in [1.29, 1.82) is 0 Å². The van der Waals surface area contributed by atoms with Gasteiger partial charge in [0.25, 0.3) is 0 Å². The summed E-state index contributed by atoms with van der Waals surface area (Å²) in [6.07, 6.45) is 8.82. The standard InChI is InChI=1S/C21H35FO4/c1-3-4-8-18(22)19(23)11-10-16-14(2)12-20-17(16)13-15(26-20)7-5-6-9-21(24)25/h10-11,14-20,23H,3-9,12-13H2,1-2H3,(H,24,25)/b11-10+/t14-,15-,16-,17-,18-,19-,20+/m1/s1. The molecule has 1 aliphatic carbocycles. The monoisotopic (exact) mass is 370 g/mol. The van der Waals surface area contributed by atoms with E-state index in [1.54, 1.807) is 6.08 Å². The number of hydrogen-bond donors (Lipinski definition) is 2. The number of ether oxygens (including phenoxy) is 1. The third-order valence-electron chi connectivity index (χ3n) is 6.04. The van der Waals surface area contributed by atoms with Crippen molar-refractivity contribution in [2.75, 3.05) is 0 Å². The third kappa shape index (κ3) is 6.05. The molecule has 0 unspecified atom stereocenters. The van der Waals surface area contributed by atoms with Crippen LogP contribution in [0.2, 0.25) is 0 Å². The summed E-state index contributed by atoms with van der Waals surface area (Å²) in [5, 5.41) is 18.7. The molecule has 150 valence electrons. The van der Waals surface area contributed by atoms with E-state index in [1.807, 2.05) is 13.0 Å². The molecule has 5 heteroatoms. The van der Waals surface area contributed by atoms with Crippen molar-refractivity contribution in [3.05, 3.63) is 12.2 Å². The maximum atomic E-state index is 13.9. The fraction of sp³-hybridized carbons (Fsp3) is 0.857. The number of aliphatic carboxylic acids is 1. The molecule has 2 N–H and O–H groups in total. The Labute approximate surface area is 156 Å². The van der Waals surface area contributed by atoms with Crippen molar-refractivity contribution in [1.82, 2.24) is 0 Å². The van der Waals surface area contributed by atoms with Gasteiger partial charge in [-0.3, -0.25) is 4.79 Å². The van der Waals surface area contributed by atoms with Crippen LogP contribution in [0.25, 0.3) is 0 Å². The van der Waals surface area contributed by atoms with Crippen LogP contribution in [0.3, 0.4) is 0 Å². The van der Waals surface area contributed by atoms with Gasteiger partial charge in [-0.2, -0.15) is 0 Å². The van der Waals surface area contributed by atoms with Crippen LogP contribution in [0.1, 0.15) is 71.6 Å². The second kappa shape index (κ2) is 10.4. The van der Waals surface area contributed by atoms with Crippen molar-refractivity contribution in [3.63, 3.8) is 0 Å². The average molecular weight is 371 g/mol. The zero-order valence-electron chi connectivity index (χ0n) is 16.1. The van der Waals surface area contributed by atoms with Gasteiger partial charge in [0.05, 0.1) is 12.2 Å². The molecule has 0 amide bonds. The molecule has 1 saturated heterocycles. The van der Waals surface area contributed by atoms with Crippen LogP contribution in [0, 0.1) is 17.8 Å². The summed E-state index contributed by atoms with van der Waals surface area (Å²) >= 11 is 0. The predicted molar refractivity (Wildman–Crippen MR) is 99.7 cm³/mol. The molecule has 2 rings (SSSR count). The molecule has 2 fully saturated rings. The number of rotatable bonds is 11. The van der Waals surface area contributed by atoms with Crippen LogP contribution in [0.4, 0.5) is 4.39 Å². The highest BCUT2D eigenvalue weighted by molar-refractivity contribution is 5.66. The fourth-order valence-corrected chi connectivity index (χ4v) is 4.54. The summed E-state index contributed by atoms with van der Waals surface area (Å²) in [5.74, 6) is 0.510. The Kier molecular flexibility index (Phi) is 8.55. The first kappa shape index (κ1) is 21.4. The quantitative estimate of drug-likeness (QED) is 0.415. The molecule has 1 heterocycles. The highest BCUT2D eigenvalue weighted by atomic mass is 19.1. The highest BCUT2D eigenvalue weighted by Crippen LogP contribution is 2.47. The Hall–Kier alpha value is -0.940. The first-order valence-electron chi connectivity index (χ1n) is 10.3. The molecular weight excluding hydrogens is 335 g/mol. The molecule has 0 aromatic carbocycles. The molecule has 1 aliphatic heterocycles. The fourth-order valence-electron chi connectivity index (χ4n) is 4.54. The average Bonchev–Trinajstić information content (AvgIpc) is 3.10. The summed E-state index contributed by atoms with van der Waals surface area (Å²) in [4.78, 5) is 10.6. The largest absolute Gasteiger partial charge is 0.481 e. The minimum absolute atomic E-state index is 0.214. The number of carbonyl (C=O) groups is 1. The Bertz CT molecular complexity index is 467. The van der Waals surface area contributed by atoms with Crippen molar-refractivity contribution < 1.29 is 24.1 Å². The normalized spacial score (nSPS) is 33.5. The Morgan fingerprint density at radius 2 is 2.08 bits per heavy atom. The molecule has 0 aromatic heterocycles. The van der Waals surface area contributed by atoms with Gasteiger partial charge >= 0.3 is 5.97 Å². The lowest BCUT2D eigenvalue weighted by Crippen LogP contribution is -2.20. The van der Waals surface area contributed by atoms with Gasteiger partial charge < -0.3 is 14.9 Å². The molecule has 7 atom stereocenters. The maximum absolute atomic E-state index is 13.9. The van der Waals surface area contributed by atoms with Crippen LogP contribution in [0.5, 0.6) is 0 Å². The van der Waals surface area contributed by atoms with Gasteiger partial charge in [-0.05, 0) is 49.9 Å². The molecule has 0 bridgehead atoms. The number of allylic oxidation sites excluding steroid dienone is 1. The number of unbranched alkanes of at least 4 members (excludes halogenated alkanes) is 2. The molecule has 26 heavy (non-hydrogen) atoms. The van der Waals surface area contributed by atoms with E-state index in [0.717, 1.165) is 38.5 Å². The summed E-state index contributed by atoms with van der Waals surface area (Å²) in [5.41, 5.74) is 0. The number of carboxylic acid groups (broad SMARTS) is 1. The van der Waals surface area contributed by atoms with Crippen molar-refractivity contribution in [2.24, 2.45) is 17.8 Å². The zero-order chi connectivity index (χ0) is 19.1. The molecular formula is C21H35FO4.